The van der Waals surface area contributed by atoms with Crippen molar-refractivity contribution in [3.63, 3.8) is 0 Å². The molecule has 5 aliphatic heterocycles. The van der Waals surface area contributed by atoms with Gasteiger partial charge in [0.2, 0.25) is 11.9 Å². The number of urea groups is 1. The van der Waals surface area contributed by atoms with Gasteiger partial charge < -0.3 is 25.6 Å². The van der Waals surface area contributed by atoms with Crippen molar-refractivity contribution in [2.45, 2.75) is 67.6 Å². The van der Waals surface area contributed by atoms with E-state index >= 15 is 0 Å². The zero-order valence-electron chi connectivity index (χ0n) is 23.7. The highest BCUT2D eigenvalue weighted by Crippen LogP contribution is 2.52. The number of aryl methyl sites for hydroxylation is 1. The Bertz CT molecular complexity index is 1570. The van der Waals surface area contributed by atoms with Crippen molar-refractivity contribution >= 4 is 40.2 Å². The highest BCUT2D eigenvalue weighted by atomic mass is 32.1. The number of carbonyl (C=O) groups is 2. The van der Waals surface area contributed by atoms with Crippen LogP contribution in [0.25, 0.3) is 0 Å². The van der Waals surface area contributed by atoms with Crippen molar-refractivity contribution in [1.29, 1.82) is 5.26 Å². The maximum Gasteiger partial charge on any atom is 0.323 e. The average Bonchev–Trinajstić information content (AvgIpc) is 3.73. The normalized spacial score (nSPS) is 30.7. The van der Waals surface area contributed by atoms with E-state index in [0.717, 1.165) is 37.8 Å². The molecule has 0 radical (unpaired) electrons. The van der Waals surface area contributed by atoms with Crippen LogP contribution < -0.4 is 30.9 Å². The summed E-state index contributed by atoms with van der Waals surface area (Å²) in [5.41, 5.74) is 6.26. The lowest BCUT2D eigenvalue weighted by molar-refractivity contribution is -0.124. The summed E-state index contributed by atoms with van der Waals surface area (Å²) in [6.07, 6.45) is 4.45. The molecule has 7 heterocycles. The number of hydrogen-bond donors (Lipinski definition) is 3. The summed E-state index contributed by atoms with van der Waals surface area (Å²) in [4.78, 5) is 46.3. The number of halogens is 1. The van der Waals surface area contributed by atoms with Gasteiger partial charge in [-0.2, -0.15) is 20.2 Å². The molecule has 0 bridgehead atoms. The van der Waals surface area contributed by atoms with E-state index in [1.807, 2.05) is 4.90 Å². The predicted octanol–water partition coefficient (Wildman–Crippen LogP) is 1.22. The smallest absolute Gasteiger partial charge is 0.323 e. The van der Waals surface area contributed by atoms with E-state index in [1.165, 1.54) is 16.2 Å². The van der Waals surface area contributed by atoms with E-state index in [4.69, 9.17) is 20.4 Å². The molecule has 43 heavy (non-hydrogen) atoms. The van der Waals surface area contributed by atoms with E-state index in [-0.39, 0.29) is 36.0 Å². The van der Waals surface area contributed by atoms with Gasteiger partial charge in [-0.25, -0.2) is 9.18 Å². The molecule has 6 aliphatic rings. The first-order valence-electron chi connectivity index (χ1n) is 14.9. The summed E-state index contributed by atoms with van der Waals surface area (Å²) < 4.78 is 20.7. The molecule has 1 unspecified atom stereocenters. The van der Waals surface area contributed by atoms with Gasteiger partial charge in [0.05, 0.1) is 17.6 Å². The number of anilines is 3. The number of nitrogen functional groups attached to an aromatic ring is 1. The molecular weight excluding hydrogens is 575 g/mol. The Hall–Kier alpha value is -3.77. The number of fused-ring (bicyclic) bond motifs is 3. The van der Waals surface area contributed by atoms with Crippen molar-refractivity contribution in [2.75, 3.05) is 61.4 Å². The maximum absolute atomic E-state index is 14.4. The van der Waals surface area contributed by atoms with Crippen molar-refractivity contribution < 1.29 is 18.7 Å². The molecule has 5 fully saturated rings. The maximum atomic E-state index is 14.4. The molecule has 2 spiro atoms. The van der Waals surface area contributed by atoms with Crippen LogP contribution in [0.2, 0.25) is 0 Å². The summed E-state index contributed by atoms with van der Waals surface area (Å²) in [5.74, 6) is 0.477. The third-order valence-corrected chi connectivity index (χ3v) is 11.4. The Morgan fingerprint density at radius 1 is 1.09 bits per heavy atom. The van der Waals surface area contributed by atoms with Crippen LogP contribution in [-0.4, -0.2) is 94.9 Å². The van der Waals surface area contributed by atoms with Gasteiger partial charge >= 0.3 is 12.0 Å². The number of piperidine rings is 1. The Morgan fingerprint density at radius 3 is 2.65 bits per heavy atom. The minimum absolute atomic E-state index is 0.161. The summed E-state index contributed by atoms with van der Waals surface area (Å²) in [6.45, 7) is 3.66. The van der Waals surface area contributed by atoms with Gasteiger partial charge in [-0.15, -0.1) is 11.3 Å². The quantitative estimate of drug-likeness (QED) is 0.418. The molecule has 226 valence electrons. The number of hydrogen-bond acceptors (Lipinski definition) is 12. The second-order valence-corrected chi connectivity index (χ2v) is 14.1. The Labute approximate surface area is 251 Å². The van der Waals surface area contributed by atoms with Crippen LogP contribution in [0.1, 0.15) is 54.5 Å². The largest absolute Gasteiger partial charge is 0.461 e. The van der Waals surface area contributed by atoms with Gasteiger partial charge in [-0.05, 0) is 50.6 Å². The second kappa shape index (κ2) is 9.36. The van der Waals surface area contributed by atoms with Crippen LogP contribution >= 0.6 is 11.3 Å². The van der Waals surface area contributed by atoms with Crippen molar-refractivity contribution in [2.24, 2.45) is 0 Å². The number of nitrogens with zero attached hydrogens (tertiary/aromatic N) is 7. The van der Waals surface area contributed by atoms with E-state index in [1.54, 1.807) is 0 Å². The van der Waals surface area contributed by atoms with Crippen LogP contribution in [0.4, 0.5) is 26.1 Å². The highest BCUT2D eigenvalue weighted by molar-refractivity contribution is 7.16. The number of nitrogens with one attached hydrogen (secondary N) is 2. The van der Waals surface area contributed by atoms with Gasteiger partial charge in [0, 0.05) is 42.9 Å². The van der Waals surface area contributed by atoms with Crippen LogP contribution in [0.15, 0.2) is 0 Å². The van der Waals surface area contributed by atoms with Crippen molar-refractivity contribution in [3.8, 4) is 12.1 Å². The van der Waals surface area contributed by atoms with E-state index in [9.17, 15) is 19.2 Å². The summed E-state index contributed by atoms with van der Waals surface area (Å²) in [6, 6.07) is 1.98. The first kappa shape index (κ1) is 26.8. The molecule has 13 nitrogen and oxygen atoms in total. The van der Waals surface area contributed by atoms with Crippen molar-refractivity contribution in [1.82, 2.24) is 30.5 Å². The summed E-state index contributed by atoms with van der Waals surface area (Å²) in [5, 5.41) is 15.6. The lowest BCUT2D eigenvalue weighted by Crippen LogP contribution is -2.60. The van der Waals surface area contributed by atoms with Gasteiger partial charge in [0.15, 0.2) is 0 Å². The minimum atomic E-state index is -1.04. The summed E-state index contributed by atoms with van der Waals surface area (Å²) >= 11 is 1.51. The lowest BCUT2D eigenvalue weighted by atomic mass is 9.74. The van der Waals surface area contributed by atoms with Gasteiger partial charge in [0.25, 0.3) is 5.91 Å². The number of nitriles is 1. The molecule has 2 aromatic heterocycles. The Kier molecular flexibility index (Phi) is 5.84. The van der Waals surface area contributed by atoms with E-state index in [0.29, 0.717) is 67.9 Å². The fourth-order valence-corrected chi connectivity index (χ4v) is 9.48. The van der Waals surface area contributed by atoms with Crippen LogP contribution in [-0.2, 0) is 16.6 Å². The highest BCUT2D eigenvalue weighted by Gasteiger charge is 2.53. The van der Waals surface area contributed by atoms with Crippen LogP contribution in [0.3, 0.4) is 0 Å². The predicted molar refractivity (Wildman–Crippen MR) is 155 cm³/mol. The Balaban J connectivity index is 1.09. The molecule has 15 heteroatoms. The van der Waals surface area contributed by atoms with Crippen LogP contribution in [0.5, 0.6) is 6.01 Å². The number of rotatable bonds is 5. The fourth-order valence-electron chi connectivity index (χ4n) is 8.34. The first-order valence-corrected chi connectivity index (χ1v) is 15.8. The third kappa shape index (κ3) is 4.06. The minimum Gasteiger partial charge on any atom is -0.461 e. The fraction of sp³-hybridized carbons (Fsp3) is 0.643. The van der Waals surface area contributed by atoms with E-state index < -0.39 is 17.7 Å². The molecule has 3 amide bonds. The number of carbonyl (C=O) groups excluding carboxylic acids is 2. The lowest BCUT2D eigenvalue weighted by Gasteiger charge is -2.48. The molecule has 8 rings (SSSR count). The molecular formula is C28H33FN10O3S. The average molecular weight is 609 g/mol. The number of nitrogens with two attached hydrogens (primary N) is 1. The molecule has 2 aromatic rings. The monoisotopic (exact) mass is 608 g/mol. The van der Waals surface area contributed by atoms with Gasteiger partial charge in [0.1, 0.15) is 29.4 Å². The number of thiophene rings is 1. The van der Waals surface area contributed by atoms with Gasteiger partial charge in [-0.3, -0.25) is 15.0 Å². The number of alkyl halides is 1. The first-order chi connectivity index (χ1) is 20.7. The summed E-state index contributed by atoms with van der Waals surface area (Å²) in [7, 11) is 0. The standard InChI is InChI=1S/C28H33FN10O3S/c29-16-9-27(4-1-8-39(27)11-16)15-42-25-34-22(37-7-2-5-28(14-37)21(40)32-24(41)36-28)33-23(35-25)38-12-26(13-38)6-3-18-19(26)17(10-30)20(31)43-18/h16H,1-9,11-15,31H2,(H2,32,36,40,41)/t16-,27+,28?/m1/s1. The zero-order valence-corrected chi connectivity index (χ0v) is 24.5. The molecule has 5 saturated heterocycles. The van der Waals surface area contributed by atoms with Crippen LogP contribution in [0, 0.1) is 11.3 Å². The third-order valence-electron chi connectivity index (χ3n) is 10.4. The van der Waals surface area contributed by atoms with Crippen molar-refractivity contribution in [3.05, 3.63) is 16.0 Å². The topological polar surface area (TPSA) is 166 Å². The van der Waals surface area contributed by atoms with E-state index in [2.05, 4.69) is 31.5 Å². The number of ether oxygens (including phenoxy) is 1. The molecule has 3 atom stereocenters. The van der Waals surface area contributed by atoms with Gasteiger partial charge in [-0.1, -0.05) is 0 Å². The molecule has 4 N–H and O–H groups in total. The zero-order chi connectivity index (χ0) is 29.6. The number of aromatic nitrogens is 3. The number of imide groups is 1. The molecule has 1 aliphatic carbocycles. The number of amides is 3. The molecule has 0 aromatic carbocycles. The molecule has 0 saturated carbocycles. The Morgan fingerprint density at radius 2 is 1.88 bits per heavy atom. The second-order valence-electron chi connectivity index (χ2n) is 13.0. The SMILES string of the molecule is N#Cc1c(N)sc2c1C1(CC2)CN(c2nc(OC[C@@]34CCCN3C[C@H](F)C4)nc(N3CCCC4(C3)NC(=O)NC4=O)n2)C1.